The summed E-state index contributed by atoms with van der Waals surface area (Å²) >= 11 is 0. The van der Waals surface area contributed by atoms with Crippen LogP contribution in [-0.2, 0) is 12.6 Å². The van der Waals surface area contributed by atoms with Gasteiger partial charge in [0.1, 0.15) is 17.1 Å². The number of nitrogens with zero attached hydrogens (tertiary/aromatic N) is 2. The molecule has 5 nitrogen and oxygen atoms in total. The zero-order chi connectivity index (χ0) is 22.6. The zero-order valence-corrected chi connectivity index (χ0v) is 17.7. The van der Waals surface area contributed by atoms with E-state index < -0.39 is 11.7 Å². The van der Waals surface area contributed by atoms with Gasteiger partial charge in [0.05, 0.1) is 6.10 Å². The summed E-state index contributed by atoms with van der Waals surface area (Å²) in [6.07, 6.45) is 1.51. The molecule has 0 saturated heterocycles. The molecule has 1 saturated carbocycles. The molecule has 168 valence electrons. The van der Waals surface area contributed by atoms with E-state index in [-0.39, 0.29) is 17.9 Å². The zero-order valence-electron chi connectivity index (χ0n) is 17.7. The highest BCUT2D eigenvalue weighted by Crippen LogP contribution is 2.36. The smallest absolute Gasteiger partial charge is 0.421 e. The van der Waals surface area contributed by atoms with Crippen LogP contribution in [0.3, 0.4) is 0 Å². The molecule has 1 heterocycles. The Labute approximate surface area is 185 Å². The minimum absolute atomic E-state index is 0.0723. The highest BCUT2D eigenvalue weighted by molar-refractivity contribution is 5.64. The molecule has 0 aliphatic heterocycles. The third-order valence-electron chi connectivity index (χ3n) is 5.41. The number of halogens is 3. The number of hydrogen-bond acceptors (Lipinski definition) is 5. The first kappa shape index (κ1) is 21.9. The minimum atomic E-state index is -4.60. The molecule has 2 N–H and O–H groups in total. The number of alkyl halides is 3. The quantitative estimate of drug-likeness (QED) is 0.418. The van der Waals surface area contributed by atoms with E-state index in [4.69, 9.17) is 4.74 Å². The first-order valence-corrected chi connectivity index (χ1v) is 10.7. The van der Waals surface area contributed by atoms with Gasteiger partial charge in [-0.3, -0.25) is 0 Å². The molecule has 0 atom stereocenters. The molecule has 0 bridgehead atoms. The summed E-state index contributed by atoms with van der Waals surface area (Å²) in [4.78, 5) is 7.98. The Balaban J connectivity index is 1.57. The van der Waals surface area contributed by atoms with Crippen LogP contribution < -0.4 is 15.4 Å². The van der Waals surface area contributed by atoms with Crippen molar-refractivity contribution in [3.63, 3.8) is 0 Å². The predicted octanol–water partition coefficient (Wildman–Crippen LogP) is 6.87. The molecule has 0 spiro atoms. The summed E-state index contributed by atoms with van der Waals surface area (Å²) in [6.45, 7) is 2.05. The van der Waals surface area contributed by atoms with Crippen LogP contribution in [0.1, 0.15) is 43.7 Å². The summed E-state index contributed by atoms with van der Waals surface area (Å²) in [6, 6.07) is 14.5. The minimum Gasteiger partial charge on any atom is -0.490 e. The lowest BCUT2D eigenvalue weighted by atomic mass is 10.1. The second-order valence-electron chi connectivity index (χ2n) is 7.81. The van der Waals surface area contributed by atoms with Crippen molar-refractivity contribution in [1.82, 2.24) is 9.97 Å². The number of anilines is 4. The summed E-state index contributed by atoms with van der Waals surface area (Å²) in [5.74, 6) is 0.375. The Bertz CT molecular complexity index is 1050. The largest absolute Gasteiger partial charge is 0.490 e. The van der Waals surface area contributed by atoms with Gasteiger partial charge < -0.3 is 15.4 Å². The average molecular weight is 442 g/mol. The SMILES string of the molecule is CCc1ccc(Nc2ncc(C(F)(F)F)c(Nc3cccc(OC4CCCC4)c3)n2)cc1. The van der Waals surface area contributed by atoms with Gasteiger partial charge in [-0.2, -0.15) is 18.2 Å². The number of aryl methyl sites for hydroxylation is 1. The number of nitrogens with one attached hydrogen (secondary N) is 2. The Morgan fingerprint density at radius 1 is 1.00 bits per heavy atom. The molecule has 1 aromatic heterocycles. The van der Waals surface area contributed by atoms with Crippen LogP contribution in [-0.4, -0.2) is 16.1 Å². The number of aromatic nitrogens is 2. The van der Waals surface area contributed by atoms with Gasteiger partial charge in [0.25, 0.3) is 0 Å². The maximum Gasteiger partial charge on any atom is 0.421 e. The second-order valence-corrected chi connectivity index (χ2v) is 7.81. The van der Waals surface area contributed by atoms with Crippen molar-refractivity contribution >= 4 is 23.1 Å². The Morgan fingerprint density at radius 3 is 2.44 bits per heavy atom. The van der Waals surface area contributed by atoms with Gasteiger partial charge in [0, 0.05) is 23.6 Å². The molecular weight excluding hydrogens is 417 g/mol. The maximum atomic E-state index is 13.6. The summed E-state index contributed by atoms with van der Waals surface area (Å²) < 4.78 is 46.7. The van der Waals surface area contributed by atoms with E-state index in [0.29, 0.717) is 17.1 Å². The van der Waals surface area contributed by atoms with Gasteiger partial charge in [-0.05, 0) is 61.9 Å². The van der Waals surface area contributed by atoms with E-state index in [1.54, 1.807) is 24.3 Å². The number of ether oxygens (including phenoxy) is 1. The van der Waals surface area contributed by atoms with Crippen LogP contribution in [0.15, 0.2) is 54.7 Å². The standard InChI is InChI=1S/C24H25F3N4O/c1-2-16-10-12-17(13-11-16)30-23-28-15-21(24(25,26)27)22(31-23)29-18-6-5-9-20(14-18)32-19-7-3-4-8-19/h5-6,9-15,19H,2-4,7-8H2,1H3,(H2,28,29,30,31). The van der Waals surface area contributed by atoms with Crippen molar-refractivity contribution in [2.75, 3.05) is 10.6 Å². The monoisotopic (exact) mass is 442 g/mol. The van der Waals surface area contributed by atoms with Crippen molar-refractivity contribution in [2.45, 2.75) is 51.3 Å². The molecule has 32 heavy (non-hydrogen) atoms. The molecule has 2 aromatic carbocycles. The Morgan fingerprint density at radius 2 is 1.75 bits per heavy atom. The molecule has 1 fully saturated rings. The van der Waals surface area contributed by atoms with Gasteiger partial charge in [0.2, 0.25) is 5.95 Å². The highest BCUT2D eigenvalue weighted by atomic mass is 19.4. The third-order valence-corrected chi connectivity index (χ3v) is 5.41. The molecule has 3 aromatic rings. The lowest BCUT2D eigenvalue weighted by molar-refractivity contribution is -0.137. The Hall–Kier alpha value is -3.29. The van der Waals surface area contributed by atoms with E-state index in [9.17, 15) is 13.2 Å². The van der Waals surface area contributed by atoms with E-state index >= 15 is 0 Å². The van der Waals surface area contributed by atoms with Gasteiger partial charge in [-0.15, -0.1) is 0 Å². The van der Waals surface area contributed by atoms with Crippen molar-refractivity contribution in [3.8, 4) is 5.75 Å². The normalized spacial score (nSPS) is 14.4. The molecular formula is C24H25F3N4O. The lowest BCUT2D eigenvalue weighted by Crippen LogP contribution is -2.13. The predicted molar refractivity (Wildman–Crippen MR) is 119 cm³/mol. The molecule has 0 unspecified atom stereocenters. The number of rotatable bonds is 7. The lowest BCUT2D eigenvalue weighted by Gasteiger charge is -2.17. The van der Waals surface area contributed by atoms with Crippen molar-refractivity contribution in [1.29, 1.82) is 0 Å². The molecule has 0 amide bonds. The highest BCUT2D eigenvalue weighted by Gasteiger charge is 2.35. The summed E-state index contributed by atoms with van der Waals surface area (Å²) in [7, 11) is 0. The molecule has 4 rings (SSSR count). The number of hydrogen-bond donors (Lipinski definition) is 2. The fourth-order valence-electron chi connectivity index (χ4n) is 3.68. The first-order chi connectivity index (χ1) is 15.4. The number of benzene rings is 2. The molecule has 8 heteroatoms. The van der Waals surface area contributed by atoms with E-state index in [2.05, 4.69) is 20.6 Å². The third kappa shape index (κ3) is 5.49. The van der Waals surface area contributed by atoms with Crippen LogP contribution in [0.5, 0.6) is 5.75 Å². The Kier molecular flexibility index (Phi) is 6.48. The fraction of sp³-hybridized carbons (Fsp3) is 0.333. The summed E-state index contributed by atoms with van der Waals surface area (Å²) in [5.41, 5.74) is 1.38. The average Bonchev–Trinajstić information content (AvgIpc) is 3.27. The van der Waals surface area contributed by atoms with Gasteiger partial charge >= 0.3 is 6.18 Å². The van der Waals surface area contributed by atoms with Crippen LogP contribution in [0.2, 0.25) is 0 Å². The topological polar surface area (TPSA) is 59.1 Å². The van der Waals surface area contributed by atoms with Crippen molar-refractivity contribution in [2.24, 2.45) is 0 Å². The maximum absolute atomic E-state index is 13.6. The first-order valence-electron chi connectivity index (χ1n) is 10.7. The van der Waals surface area contributed by atoms with Crippen molar-refractivity contribution < 1.29 is 17.9 Å². The fourth-order valence-corrected chi connectivity index (χ4v) is 3.68. The van der Waals surface area contributed by atoms with Crippen LogP contribution in [0.4, 0.5) is 36.3 Å². The van der Waals surface area contributed by atoms with E-state index in [0.717, 1.165) is 43.9 Å². The van der Waals surface area contributed by atoms with Crippen LogP contribution in [0.25, 0.3) is 0 Å². The van der Waals surface area contributed by atoms with Gasteiger partial charge in [-0.25, -0.2) is 4.98 Å². The second kappa shape index (κ2) is 9.46. The van der Waals surface area contributed by atoms with Gasteiger partial charge in [-0.1, -0.05) is 25.1 Å². The summed E-state index contributed by atoms with van der Waals surface area (Å²) in [5, 5.41) is 5.76. The van der Waals surface area contributed by atoms with Crippen molar-refractivity contribution in [3.05, 3.63) is 65.9 Å². The molecule has 1 aliphatic carbocycles. The van der Waals surface area contributed by atoms with E-state index in [1.807, 2.05) is 31.2 Å². The van der Waals surface area contributed by atoms with E-state index in [1.165, 1.54) is 0 Å². The van der Waals surface area contributed by atoms with Crippen LogP contribution in [0, 0.1) is 0 Å². The molecule has 1 aliphatic rings. The van der Waals surface area contributed by atoms with Crippen LogP contribution >= 0.6 is 0 Å². The molecule has 0 radical (unpaired) electrons. The van der Waals surface area contributed by atoms with Gasteiger partial charge in [0.15, 0.2) is 0 Å².